The van der Waals surface area contributed by atoms with E-state index in [0.29, 0.717) is 17.7 Å². The summed E-state index contributed by atoms with van der Waals surface area (Å²) >= 11 is 0. The summed E-state index contributed by atoms with van der Waals surface area (Å²) < 4.78 is 33.6. The molecular formula is C14H15NO5S. The second-order valence-corrected chi connectivity index (χ2v) is 7.31. The molecule has 1 aliphatic rings. The molecule has 3 rings (SSSR count). The SMILES string of the molecule is O=C(c1ccoc1)N(Cc1ccco1)[C@H]1CCS(=O)(=O)C1. The van der Waals surface area contributed by atoms with E-state index in [0.717, 1.165) is 0 Å². The van der Waals surface area contributed by atoms with Crippen molar-refractivity contribution in [1.29, 1.82) is 0 Å². The highest BCUT2D eigenvalue weighted by atomic mass is 32.2. The first-order valence-electron chi connectivity index (χ1n) is 6.61. The molecule has 6 nitrogen and oxygen atoms in total. The first-order valence-corrected chi connectivity index (χ1v) is 8.43. The number of rotatable bonds is 4. The maximum Gasteiger partial charge on any atom is 0.257 e. The van der Waals surface area contributed by atoms with Crippen LogP contribution in [-0.4, -0.2) is 36.8 Å². The van der Waals surface area contributed by atoms with Gasteiger partial charge in [-0.25, -0.2) is 8.42 Å². The lowest BCUT2D eigenvalue weighted by molar-refractivity contribution is 0.0665. The first-order chi connectivity index (χ1) is 10.1. The van der Waals surface area contributed by atoms with E-state index in [9.17, 15) is 13.2 Å². The summed E-state index contributed by atoms with van der Waals surface area (Å²) in [5.41, 5.74) is 0.408. The molecule has 1 atom stereocenters. The van der Waals surface area contributed by atoms with Crippen molar-refractivity contribution in [2.24, 2.45) is 0 Å². The average Bonchev–Trinajstić information content (AvgIpc) is 3.16. The van der Waals surface area contributed by atoms with E-state index in [-0.39, 0.29) is 30.0 Å². The van der Waals surface area contributed by atoms with E-state index in [2.05, 4.69) is 0 Å². The Kier molecular flexibility index (Phi) is 3.59. The maximum atomic E-state index is 12.6. The molecule has 0 spiro atoms. The highest BCUT2D eigenvalue weighted by molar-refractivity contribution is 7.91. The van der Waals surface area contributed by atoms with E-state index in [1.165, 1.54) is 18.8 Å². The quantitative estimate of drug-likeness (QED) is 0.858. The zero-order valence-electron chi connectivity index (χ0n) is 11.3. The lowest BCUT2D eigenvalue weighted by Gasteiger charge is -2.27. The summed E-state index contributed by atoms with van der Waals surface area (Å²) in [6.45, 7) is 0.247. The second kappa shape index (κ2) is 5.40. The Hall–Kier alpha value is -2.02. The van der Waals surface area contributed by atoms with Crippen molar-refractivity contribution in [1.82, 2.24) is 4.90 Å². The van der Waals surface area contributed by atoms with E-state index >= 15 is 0 Å². The Labute approximate surface area is 122 Å². The molecule has 1 amide bonds. The number of hydrogen-bond acceptors (Lipinski definition) is 5. The Morgan fingerprint density at radius 3 is 2.76 bits per heavy atom. The van der Waals surface area contributed by atoms with Crippen LogP contribution in [0, 0.1) is 0 Å². The van der Waals surface area contributed by atoms with Gasteiger partial charge in [0.25, 0.3) is 5.91 Å². The van der Waals surface area contributed by atoms with Gasteiger partial charge in [0.2, 0.25) is 0 Å². The van der Waals surface area contributed by atoms with Gasteiger partial charge in [-0.1, -0.05) is 0 Å². The van der Waals surface area contributed by atoms with E-state index < -0.39 is 9.84 Å². The van der Waals surface area contributed by atoms with Gasteiger partial charge < -0.3 is 13.7 Å². The standard InChI is InChI=1S/C14H15NO5S/c16-14(11-3-6-19-9-11)15(8-13-2-1-5-20-13)12-4-7-21(17,18)10-12/h1-3,5-6,9,12H,4,7-8,10H2/t12-/m0/s1. The number of carbonyl (C=O) groups excluding carboxylic acids is 1. The van der Waals surface area contributed by atoms with E-state index in [4.69, 9.17) is 8.83 Å². The molecule has 2 aromatic rings. The molecule has 3 heterocycles. The van der Waals surface area contributed by atoms with Crippen molar-refractivity contribution in [3.8, 4) is 0 Å². The van der Waals surface area contributed by atoms with Crippen molar-refractivity contribution in [2.45, 2.75) is 19.0 Å². The number of hydrogen-bond donors (Lipinski definition) is 0. The van der Waals surface area contributed by atoms with E-state index in [1.807, 2.05) is 0 Å². The van der Waals surface area contributed by atoms with Crippen LogP contribution in [0.1, 0.15) is 22.5 Å². The van der Waals surface area contributed by atoms with Crippen molar-refractivity contribution in [2.75, 3.05) is 11.5 Å². The molecule has 0 saturated carbocycles. The predicted molar refractivity (Wildman–Crippen MR) is 74.3 cm³/mol. The van der Waals surface area contributed by atoms with Crippen molar-refractivity contribution in [3.63, 3.8) is 0 Å². The third kappa shape index (κ3) is 3.02. The fourth-order valence-electron chi connectivity index (χ4n) is 2.51. The van der Waals surface area contributed by atoms with Crippen LogP contribution in [0.2, 0.25) is 0 Å². The van der Waals surface area contributed by atoms with Gasteiger partial charge in [-0.3, -0.25) is 4.79 Å². The third-order valence-electron chi connectivity index (χ3n) is 3.58. The minimum Gasteiger partial charge on any atom is -0.472 e. The molecule has 0 aliphatic carbocycles. The summed E-state index contributed by atoms with van der Waals surface area (Å²) in [4.78, 5) is 14.1. The van der Waals surface area contributed by atoms with Crippen LogP contribution < -0.4 is 0 Å². The summed E-state index contributed by atoms with van der Waals surface area (Å²) in [5.74, 6) is 0.487. The Balaban J connectivity index is 1.86. The van der Waals surface area contributed by atoms with Gasteiger partial charge in [0.1, 0.15) is 12.0 Å². The van der Waals surface area contributed by atoms with Gasteiger partial charge in [-0.05, 0) is 24.6 Å². The first kappa shape index (κ1) is 13.9. The van der Waals surface area contributed by atoms with Gasteiger partial charge in [-0.15, -0.1) is 0 Å². The Morgan fingerprint density at radius 2 is 2.19 bits per heavy atom. The number of nitrogens with zero attached hydrogens (tertiary/aromatic N) is 1. The monoisotopic (exact) mass is 309 g/mol. The fourth-order valence-corrected chi connectivity index (χ4v) is 4.24. The minimum atomic E-state index is -3.07. The summed E-state index contributed by atoms with van der Waals surface area (Å²) in [5, 5.41) is 0. The molecule has 1 aliphatic heterocycles. The highest BCUT2D eigenvalue weighted by Crippen LogP contribution is 2.22. The number of amides is 1. The zero-order valence-corrected chi connectivity index (χ0v) is 12.1. The summed E-state index contributed by atoms with van der Waals surface area (Å²) in [6, 6.07) is 4.74. The largest absolute Gasteiger partial charge is 0.472 e. The van der Waals surface area contributed by atoms with Crippen LogP contribution in [0.25, 0.3) is 0 Å². The van der Waals surface area contributed by atoms with Crippen LogP contribution in [-0.2, 0) is 16.4 Å². The van der Waals surface area contributed by atoms with Crippen molar-refractivity contribution in [3.05, 3.63) is 48.3 Å². The Bertz CT molecular complexity index is 703. The molecule has 7 heteroatoms. The second-order valence-electron chi connectivity index (χ2n) is 5.08. The van der Waals surface area contributed by atoms with Gasteiger partial charge in [0.15, 0.2) is 9.84 Å². The summed E-state index contributed by atoms with van der Waals surface area (Å²) in [6.07, 6.45) is 4.76. The van der Waals surface area contributed by atoms with Gasteiger partial charge in [0, 0.05) is 6.04 Å². The average molecular weight is 309 g/mol. The van der Waals surface area contributed by atoms with E-state index in [1.54, 1.807) is 23.1 Å². The number of furan rings is 2. The molecule has 0 bridgehead atoms. The smallest absolute Gasteiger partial charge is 0.257 e. The van der Waals surface area contributed by atoms with Crippen LogP contribution in [0.3, 0.4) is 0 Å². The minimum absolute atomic E-state index is 0.00268. The molecule has 0 unspecified atom stereocenters. The van der Waals surface area contributed by atoms with Crippen LogP contribution >= 0.6 is 0 Å². The predicted octanol–water partition coefficient (Wildman–Crippen LogP) is 1.70. The lowest BCUT2D eigenvalue weighted by Crippen LogP contribution is -2.40. The highest BCUT2D eigenvalue weighted by Gasteiger charge is 2.35. The van der Waals surface area contributed by atoms with Crippen LogP contribution in [0.5, 0.6) is 0 Å². The molecule has 1 saturated heterocycles. The number of sulfone groups is 1. The number of carbonyl (C=O) groups is 1. The molecular weight excluding hydrogens is 294 g/mol. The molecule has 0 aromatic carbocycles. The molecule has 21 heavy (non-hydrogen) atoms. The normalized spacial score (nSPS) is 20.5. The topological polar surface area (TPSA) is 80.7 Å². The third-order valence-corrected chi connectivity index (χ3v) is 5.33. The molecule has 0 N–H and O–H groups in total. The lowest BCUT2D eigenvalue weighted by atomic mass is 10.1. The van der Waals surface area contributed by atoms with Crippen LogP contribution in [0.4, 0.5) is 0 Å². The molecule has 0 radical (unpaired) electrons. The van der Waals surface area contributed by atoms with Gasteiger partial charge in [0.05, 0.1) is 36.1 Å². The Morgan fingerprint density at radius 1 is 1.33 bits per heavy atom. The van der Waals surface area contributed by atoms with Crippen LogP contribution in [0.15, 0.2) is 45.8 Å². The fraction of sp³-hybridized carbons (Fsp3) is 0.357. The zero-order chi connectivity index (χ0) is 14.9. The van der Waals surface area contributed by atoms with Crippen molar-refractivity contribution < 1.29 is 22.0 Å². The molecule has 112 valence electrons. The molecule has 1 fully saturated rings. The van der Waals surface area contributed by atoms with Gasteiger partial charge in [-0.2, -0.15) is 0 Å². The maximum absolute atomic E-state index is 12.6. The summed E-state index contributed by atoms with van der Waals surface area (Å²) in [7, 11) is -3.07. The van der Waals surface area contributed by atoms with Crippen molar-refractivity contribution >= 4 is 15.7 Å². The molecule has 2 aromatic heterocycles. The van der Waals surface area contributed by atoms with Gasteiger partial charge >= 0.3 is 0 Å².